The van der Waals surface area contributed by atoms with E-state index in [2.05, 4.69) is 54.0 Å². The lowest BCUT2D eigenvalue weighted by atomic mass is 9.83. The maximum absolute atomic E-state index is 16.0. The Labute approximate surface area is 217 Å². The van der Waals surface area contributed by atoms with Crippen LogP contribution < -0.4 is 0 Å². The zero-order chi connectivity index (χ0) is 26.1. The molecule has 4 heterocycles. The van der Waals surface area contributed by atoms with E-state index in [0.29, 0.717) is 22.8 Å². The van der Waals surface area contributed by atoms with Gasteiger partial charge in [0, 0.05) is 52.6 Å². The van der Waals surface area contributed by atoms with Gasteiger partial charge in [-0.05, 0) is 68.3 Å². The molecule has 0 spiro atoms. The molecule has 0 amide bonds. The molecular weight excluding hydrogens is 463 g/mol. The van der Waals surface area contributed by atoms with Gasteiger partial charge in [-0.1, -0.05) is 50.5 Å². The van der Waals surface area contributed by atoms with Crippen LogP contribution in [0, 0.1) is 13.8 Å². The van der Waals surface area contributed by atoms with E-state index in [0.717, 1.165) is 35.2 Å². The van der Waals surface area contributed by atoms with Crippen LogP contribution in [-0.4, -0.2) is 26.2 Å². The lowest BCUT2D eigenvalue weighted by Gasteiger charge is -2.34. The Kier molecular flexibility index (Phi) is 5.55. The van der Waals surface area contributed by atoms with E-state index in [1.54, 1.807) is 13.8 Å². The molecule has 0 unspecified atom stereocenters. The fourth-order valence-corrected chi connectivity index (χ4v) is 6.72. The summed E-state index contributed by atoms with van der Waals surface area (Å²) in [5.74, 6) is 0. The second-order valence-corrected chi connectivity index (χ2v) is 10.8. The number of benzene rings is 2. The van der Waals surface area contributed by atoms with Gasteiger partial charge in [-0.2, -0.15) is 0 Å². The second kappa shape index (κ2) is 8.58. The van der Waals surface area contributed by atoms with Crippen molar-refractivity contribution < 1.29 is 13.1 Å². The number of fused-ring (bicyclic) bond motifs is 5. The van der Waals surface area contributed by atoms with Crippen LogP contribution in [0.1, 0.15) is 69.0 Å². The normalized spacial score (nSPS) is 16.7. The highest BCUT2D eigenvalue weighted by atomic mass is 19.2. The van der Waals surface area contributed by atoms with Crippen LogP contribution in [0.4, 0.5) is 8.63 Å². The largest absolute Gasteiger partial charge is 0.737 e. The van der Waals surface area contributed by atoms with Crippen LogP contribution in [0.25, 0.3) is 27.4 Å². The number of para-hydroxylation sites is 1. The van der Waals surface area contributed by atoms with Gasteiger partial charge in [0.1, 0.15) is 5.71 Å². The first-order valence-corrected chi connectivity index (χ1v) is 13.5. The van der Waals surface area contributed by atoms with Crippen molar-refractivity contribution in [1.82, 2.24) is 9.05 Å². The number of rotatable bonds is 6. The van der Waals surface area contributed by atoms with Gasteiger partial charge in [0.2, 0.25) is 0 Å². The zero-order valence-electron chi connectivity index (χ0n) is 22.4. The van der Waals surface area contributed by atoms with Crippen LogP contribution in [0.3, 0.4) is 0 Å². The van der Waals surface area contributed by atoms with Gasteiger partial charge in [0.15, 0.2) is 5.70 Å². The smallest absolute Gasteiger partial charge is 0.393 e. The molecule has 190 valence electrons. The summed E-state index contributed by atoms with van der Waals surface area (Å²) in [6.45, 7) is 6.73. The first kappa shape index (κ1) is 24.0. The molecule has 4 aromatic rings. The highest BCUT2D eigenvalue weighted by Gasteiger charge is 2.55. The summed E-state index contributed by atoms with van der Waals surface area (Å²) in [5, 5.41) is 2.39. The number of hydrogen-bond acceptors (Lipinski definition) is 0. The standard InChI is InChI=1S/C31H34BF2N3/c1-6-7-8-11-16-35-27-13-10-9-12-25(27)26-19-24(14-15-28(26)35)29-30-20(2)17-22(4)36(30)32(33,34)37-23(5)18-21(3)31(29)37/h9-10,12-15,17-19H,6-8,11,16H2,1-5H3. The Morgan fingerprint density at radius 2 is 1.62 bits per heavy atom. The maximum atomic E-state index is 16.0. The monoisotopic (exact) mass is 497 g/mol. The Bertz CT molecular complexity index is 1680. The molecule has 0 saturated carbocycles. The van der Waals surface area contributed by atoms with Crippen LogP contribution in [-0.2, 0) is 6.54 Å². The minimum absolute atomic E-state index is 0.594. The van der Waals surface area contributed by atoms with Gasteiger partial charge >= 0.3 is 6.97 Å². The molecule has 0 N–H and O–H groups in total. The van der Waals surface area contributed by atoms with Crippen molar-refractivity contribution in [3.63, 3.8) is 0 Å². The van der Waals surface area contributed by atoms with E-state index in [-0.39, 0.29) is 0 Å². The van der Waals surface area contributed by atoms with E-state index in [1.165, 1.54) is 50.0 Å². The van der Waals surface area contributed by atoms with Crippen LogP contribution >= 0.6 is 0 Å². The fraction of sp³-hybridized carbons (Fsp3) is 0.323. The molecule has 0 atom stereocenters. The van der Waals surface area contributed by atoms with Gasteiger partial charge < -0.3 is 22.2 Å². The van der Waals surface area contributed by atoms with Crippen LogP contribution in [0.5, 0.6) is 0 Å². The summed E-state index contributed by atoms with van der Waals surface area (Å²) in [4.78, 5) is 0. The molecular formula is C31H34BF2N3. The lowest BCUT2D eigenvalue weighted by Crippen LogP contribution is -2.51. The summed E-state index contributed by atoms with van der Waals surface area (Å²) in [6, 6.07) is 17.0. The molecule has 0 aliphatic carbocycles. The Balaban J connectivity index is 1.61. The third-order valence-corrected chi connectivity index (χ3v) is 8.23. The fourth-order valence-electron chi connectivity index (χ4n) is 6.72. The van der Waals surface area contributed by atoms with Crippen LogP contribution in [0.2, 0.25) is 0 Å². The summed E-state index contributed by atoms with van der Waals surface area (Å²) in [7, 11) is 0. The third kappa shape index (κ3) is 3.41. The quantitative estimate of drug-likeness (QED) is 0.188. The summed E-state index contributed by atoms with van der Waals surface area (Å²) < 4.78 is 37.1. The molecule has 3 nitrogen and oxygen atoms in total. The molecule has 6 rings (SSSR count). The van der Waals surface area contributed by atoms with Gasteiger partial charge in [-0.25, -0.2) is 0 Å². The molecule has 2 aliphatic rings. The molecule has 2 aromatic heterocycles. The number of hydrogen-bond donors (Lipinski definition) is 0. The Morgan fingerprint density at radius 1 is 0.865 bits per heavy atom. The molecule has 0 radical (unpaired) electrons. The van der Waals surface area contributed by atoms with E-state index >= 15 is 8.63 Å². The number of aromatic nitrogens is 2. The molecule has 0 saturated heterocycles. The van der Waals surface area contributed by atoms with E-state index < -0.39 is 6.97 Å². The zero-order valence-corrected chi connectivity index (χ0v) is 22.4. The Hall–Kier alpha value is -3.41. The molecule has 2 aromatic carbocycles. The average molecular weight is 497 g/mol. The number of aryl methyl sites for hydroxylation is 3. The predicted molar refractivity (Wildman–Crippen MR) is 152 cm³/mol. The highest BCUT2D eigenvalue weighted by Crippen LogP contribution is 2.45. The van der Waals surface area contributed by atoms with E-state index in [9.17, 15) is 0 Å². The van der Waals surface area contributed by atoms with Crippen molar-refractivity contribution in [2.75, 3.05) is 0 Å². The van der Waals surface area contributed by atoms with Gasteiger partial charge in [-0.15, -0.1) is 0 Å². The minimum atomic E-state index is -3.97. The van der Waals surface area contributed by atoms with E-state index in [1.807, 2.05) is 26.0 Å². The van der Waals surface area contributed by atoms with Crippen molar-refractivity contribution in [2.45, 2.75) is 66.8 Å². The average Bonchev–Trinajstić information content (AvgIpc) is 3.46. The SMILES string of the molecule is CCCCCCn1c2ccccc2c2cc(C3=C4C(C)=CC(C)=[N+]4[B-](F)(F)n4c(C)cc(C)c43)ccc21. The van der Waals surface area contributed by atoms with Crippen LogP contribution in [0.15, 0.2) is 65.9 Å². The second-order valence-electron chi connectivity index (χ2n) is 10.8. The van der Waals surface area contributed by atoms with Crippen molar-refractivity contribution in [3.05, 3.63) is 88.4 Å². The number of unbranched alkanes of at least 4 members (excludes halogenated alkanes) is 3. The molecule has 0 bridgehead atoms. The molecule has 6 heteroatoms. The highest BCUT2D eigenvalue weighted by molar-refractivity contribution is 6.58. The van der Waals surface area contributed by atoms with Gasteiger partial charge in [0.05, 0.1) is 5.57 Å². The van der Waals surface area contributed by atoms with E-state index in [4.69, 9.17) is 0 Å². The molecule has 0 fully saturated rings. The number of allylic oxidation sites excluding steroid dienone is 2. The predicted octanol–water partition coefficient (Wildman–Crippen LogP) is 8.22. The molecule has 2 aliphatic heterocycles. The summed E-state index contributed by atoms with van der Waals surface area (Å²) >= 11 is 0. The minimum Gasteiger partial charge on any atom is -0.393 e. The maximum Gasteiger partial charge on any atom is 0.737 e. The van der Waals surface area contributed by atoms with Gasteiger partial charge in [-0.3, -0.25) is 0 Å². The lowest BCUT2D eigenvalue weighted by molar-refractivity contribution is -0.363. The number of halogens is 2. The first-order valence-electron chi connectivity index (χ1n) is 13.5. The molecule has 37 heavy (non-hydrogen) atoms. The van der Waals surface area contributed by atoms with Gasteiger partial charge in [0.25, 0.3) is 0 Å². The van der Waals surface area contributed by atoms with Crippen molar-refractivity contribution in [2.24, 2.45) is 0 Å². The topological polar surface area (TPSA) is 12.9 Å². The number of nitrogens with zero attached hydrogens (tertiary/aromatic N) is 3. The van der Waals surface area contributed by atoms with Crippen molar-refractivity contribution >= 4 is 40.1 Å². The Morgan fingerprint density at radius 3 is 2.41 bits per heavy atom. The summed E-state index contributed by atoms with van der Waals surface area (Å²) in [5.41, 5.74) is 8.56. The van der Waals surface area contributed by atoms with Crippen molar-refractivity contribution in [3.8, 4) is 0 Å². The van der Waals surface area contributed by atoms with Crippen molar-refractivity contribution in [1.29, 1.82) is 0 Å². The third-order valence-electron chi connectivity index (χ3n) is 8.23. The summed E-state index contributed by atoms with van der Waals surface area (Å²) in [6.07, 6.45) is 6.74. The first-order chi connectivity index (χ1) is 17.8.